The first-order valence-electron chi connectivity index (χ1n) is 9.35. The number of hydrogen-bond donors (Lipinski definition) is 0. The van der Waals surface area contributed by atoms with Crippen molar-refractivity contribution in [3.8, 4) is 0 Å². The van der Waals surface area contributed by atoms with Crippen LogP contribution in [0.25, 0.3) is 0 Å². The van der Waals surface area contributed by atoms with Crippen LogP contribution in [0.4, 0.5) is 0 Å². The number of alkyl halides is 1. The van der Waals surface area contributed by atoms with Crippen molar-refractivity contribution in [3.63, 3.8) is 0 Å². The number of amides is 2. The highest BCUT2D eigenvalue weighted by Crippen LogP contribution is 2.16. The molecule has 0 aromatic carbocycles. The fourth-order valence-electron chi connectivity index (χ4n) is 3.01. The molecule has 2 rings (SSSR count). The van der Waals surface area contributed by atoms with Crippen LogP contribution in [0.2, 0.25) is 0 Å². The fourth-order valence-corrected chi connectivity index (χ4v) is 3.15. The number of ether oxygens (including phenoxy) is 1. The zero-order chi connectivity index (χ0) is 18.9. The maximum Gasteiger partial charge on any atom is 0.242 e. The average Bonchev–Trinajstić information content (AvgIpc) is 3.31. The smallest absolute Gasteiger partial charge is 0.242 e. The molecular weight excluding hydrogens is 356 g/mol. The lowest BCUT2D eigenvalue weighted by Crippen LogP contribution is -2.46. The minimum Gasteiger partial charge on any atom is -0.467 e. The lowest BCUT2D eigenvalue weighted by molar-refractivity contribution is -0.141. The monoisotopic (exact) mass is 384 g/mol. The van der Waals surface area contributed by atoms with E-state index >= 15 is 0 Å². The Bertz CT molecular complexity index is 556. The molecule has 0 spiro atoms. The fraction of sp³-hybridized carbons (Fsp3) is 0.684. The molecule has 1 aliphatic rings. The van der Waals surface area contributed by atoms with E-state index in [2.05, 4.69) is 6.92 Å². The van der Waals surface area contributed by atoms with Gasteiger partial charge in [-0.2, -0.15) is 0 Å². The third-order valence-electron chi connectivity index (χ3n) is 4.49. The minimum atomic E-state index is -0.642. The molecule has 6 nitrogen and oxygen atoms in total. The molecule has 0 saturated carbocycles. The normalized spacial score (nSPS) is 17.9. The van der Waals surface area contributed by atoms with Crippen LogP contribution in [0.5, 0.6) is 0 Å². The van der Waals surface area contributed by atoms with E-state index < -0.39 is 5.38 Å². The molecule has 1 aromatic heterocycles. The number of nitrogens with zero attached hydrogens (tertiary/aromatic N) is 2. The summed E-state index contributed by atoms with van der Waals surface area (Å²) in [5, 5.41) is -0.642. The van der Waals surface area contributed by atoms with Gasteiger partial charge in [-0.05, 0) is 38.3 Å². The maximum absolute atomic E-state index is 12.9. The first-order valence-corrected chi connectivity index (χ1v) is 9.79. The van der Waals surface area contributed by atoms with E-state index in [9.17, 15) is 9.59 Å². The summed E-state index contributed by atoms with van der Waals surface area (Å²) in [4.78, 5) is 28.6. The van der Waals surface area contributed by atoms with Crippen molar-refractivity contribution in [3.05, 3.63) is 24.2 Å². The van der Waals surface area contributed by atoms with Crippen LogP contribution < -0.4 is 0 Å². The molecule has 1 fully saturated rings. The third kappa shape index (κ3) is 6.32. The van der Waals surface area contributed by atoms with Gasteiger partial charge < -0.3 is 19.0 Å². The second-order valence-electron chi connectivity index (χ2n) is 6.72. The molecule has 0 bridgehead atoms. The Kier molecular flexibility index (Phi) is 8.45. The zero-order valence-corrected chi connectivity index (χ0v) is 16.4. The molecule has 0 aliphatic carbocycles. The number of furan rings is 1. The molecule has 2 atom stereocenters. The van der Waals surface area contributed by atoms with Gasteiger partial charge in [0.15, 0.2) is 0 Å². The Labute approximate surface area is 160 Å². The Hall–Kier alpha value is -1.53. The molecule has 2 heterocycles. The number of unbranched alkanes of at least 4 members (excludes halogenated alkanes) is 1. The van der Waals surface area contributed by atoms with Gasteiger partial charge in [0.1, 0.15) is 11.1 Å². The van der Waals surface area contributed by atoms with E-state index in [1.807, 2.05) is 6.07 Å². The standard InChI is InChI=1S/C19H29ClN2O4/c1-3-4-9-21(19(24)15(2)20)14-18(23)22(12-16-7-5-10-25-16)13-17-8-6-11-26-17/h5,7,10,15,17H,3-4,6,8-9,11-14H2,1-2H3. The summed E-state index contributed by atoms with van der Waals surface area (Å²) in [5.74, 6) is 0.399. The van der Waals surface area contributed by atoms with Crippen molar-refractivity contribution in [2.24, 2.45) is 0 Å². The number of carbonyl (C=O) groups is 2. The first kappa shape index (κ1) is 20.8. The van der Waals surface area contributed by atoms with Crippen molar-refractivity contribution in [1.82, 2.24) is 9.80 Å². The molecule has 146 valence electrons. The van der Waals surface area contributed by atoms with E-state index in [1.54, 1.807) is 29.1 Å². The lowest BCUT2D eigenvalue weighted by Gasteiger charge is -2.29. The highest BCUT2D eigenvalue weighted by atomic mass is 35.5. The number of hydrogen-bond acceptors (Lipinski definition) is 4. The molecule has 0 N–H and O–H groups in total. The zero-order valence-electron chi connectivity index (χ0n) is 15.7. The Morgan fingerprint density at radius 1 is 1.38 bits per heavy atom. The molecule has 2 unspecified atom stereocenters. The summed E-state index contributed by atoms with van der Waals surface area (Å²) in [7, 11) is 0. The topological polar surface area (TPSA) is 63.0 Å². The van der Waals surface area contributed by atoms with Gasteiger partial charge in [0, 0.05) is 19.7 Å². The highest BCUT2D eigenvalue weighted by Gasteiger charge is 2.27. The number of rotatable bonds is 10. The second-order valence-corrected chi connectivity index (χ2v) is 7.37. The van der Waals surface area contributed by atoms with Crippen molar-refractivity contribution in [2.45, 2.75) is 57.6 Å². The van der Waals surface area contributed by atoms with E-state index in [-0.39, 0.29) is 24.5 Å². The average molecular weight is 385 g/mol. The number of carbonyl (C=O) groups excluding carboxylic acids is 2. The van der Waals surface area contributed by atoms with E-state index in [0.717, 1.165) is 32.3 Å². The Morgan fingerprint density at radius 3 is 2.77 bits per heavy atom. The molecule has 26 heavy (non-hydrogen) atoms. The van der Waals surface area contributed by atoms with Crippen LogP contribution >= 0.6 is 11.6 Å². The van der Waals surface area contributed by atoms with Crippen molar-refractivity contribution >= 4 is 23.4 Å². The number of halogens is 1. The van der Waals surface area contributed by atoms with Crippen LogP contribution in [-0.2, 0) is 20.9 Å². The SMILES string of the molecule is CCCCN(CC(=O)N(Cc1ccco1)CC1CCCO1)C(=O)C(C)Cl. The molecular formula is C19H29ClN2O4. The van der Waals surface area contributed by atoms with E-state index in [1.165, 1.54) is 0 Å². The maximum atomic E-state index is 12.9. The summed E-state index contributed by atoms with van der Waals surface area (Å²) in [6, 6.07) is 3.65. The van der Waals surface area contributed by atoms with Crippen LogP contribution in [0.15, 0.2) is 22.8 Å². The molecule has 0 radical (unpaired) electrons. The van der Waals surface area contributed by atoms with Crippen LogP contribution in [0, 0.1) is 0 Å². The van der Waals surface area contributed by atoms with Crippen LogP contribution in [0.3, 0.4) is 0 Å². The van der Waals surface area contributed by atoms with Gasteiger partial charge in [-0.15, -0.1) is 11.6 Å². The molecule has 1 saturated heterocycles. The molecule has 7 heteroatoms. The summed E-state index contributed by atoms with van der Waals surface area (Å²) in [6.07, 6.45) is 5.38. The third-order valence-corrected chi connectivity index (χ3v) is 4.67. The molecule has 1 aliphatic heterocycles. The highest BCUT2D eigenvalue weighted by molar-refractivity contribution is 6.30. The molecule has 2 amide bonds. The van der Waals surface area contributed by atoms with Gasteiger partial charge in [0.2, 0.25) is 11.8 Å². The quantitative estimate of drug-likeness (QED) is 0.581. The Balaban J connectivity index is 2.05. The van der Waals surface area contributed by atoms with Gasteiger partial charge in [-0.3, -0.25) is 9.59 Å². The van der Waals surface area contributed by atoms with Crippen LogP contribution in [-0.4, -0.2) is 59.3 Å². The summed E-state index contributed by atoms with van der Waals surface area (Å²) in [5.41, 5.74) is 0. The van der Waals surface area contributed by atoms with Crippen molar-refractivity contribution in [1.29, 1.82) is 0 Å². The van der Waals surface area contributed by atoms with Gasteiger partial charge in [0.05, 0.1) is 25.5 Å². The van der Waals surface area contributed by atoms with E-state index in [4.69, 9.17) is 20.8 Å². The summed E-state index contributed by atoms with van der Waals surface area (Å²) in [6.45, 7) is 5.87. The van der Waals surface area contributed by atoms with Crippen molar-refractivity contribution in [2.75, 3.05) is 26.2 Å². The summed E-state index contributed by atoms with van der Waals surface area (Å²) >= 11 is 5.97. The van der Waals surface area contributed by atoms with Gasteiger partial charge in [0.25, 0.3) is 0 Å². The Morgan fingerprint density at radius 2 is 2.19 bits per heavy atom. The van der Waals surface area contributed by atoms with Gasteiger partial charge in [-0.25, -0.2) is 0 Å². The van der Waals surface area contributed by atoms with Crippen LogP contribution in [0.1, 0.15) is 45.3 Å². The van der Waals surface area contributed by atoms with Gasteiger partial charge in [-0.1, -0.05) is 13.3 Å². The molecule has 1 aromatic rings. The minimum absolute atomic E-state index is 0.0311. The van der Waals surface area contributed by atoms with E-state index in [0.29, 0.717) is 25.4 Å². The predicted molar refractivity (Wildman–Crippen MR) is 99.9 cm³/mol. The predicted octanol–water partition coefficient (Wildman–Crippen LogP) is 3.04. The van der Waals surface area contributed by atoms with Crippen molar-refractivity contribution < 1.29 is 18.7 Å². The first-order chi connectivity index (χ1) is 12.5. The second kappa shape index (κ2) is 10.6. The van der Waals surface area contributed by atoms with Gasteiger partial charge >= 0.3 is 0 Å². The summed E-state index contributed by atoms with van der Waals surface area (Å²) < 4.78 is 11.1. The largest absolute Gasteiger partial charge is 0.467 e. The lowest BCUT2D eigenvalue weighted by atomic mass is 10.2.